The van der Waals surface area contributed by atoms with Crippen molar-refractivity contribution in [2.24, 2.45) is 9.98 Å². The number of aliphatic imine (C=N–C) groups is 2. The fourth-order valence-electron chi connectivity index (χ4n) is 1.77. The van der Waals surface area contributed by atoms with Crippen LogP contribution in [0.25, 0.3) is 0 Å². The molecule has 0 radical (unpaired) electrons. The molecule has 1 aromatic rings. The van der Waals surface area contributed by atoms with Crippen molar-refractivity contribution in [1.82, 2.24) is 0 Å². The van der Waals surface area contributed by atoms with Crippen LogP contribution in [0.5, 0.6) is 0 Å². The van der Waals surface area contributed by atoms with Crippen molar-refractivity contribution < 1.29 is 9.47 Å². The highest BCUT2D eigenvalue weighted by Crippen LogP contribution is 2.12. The Morgan fingerprint density at radius 1 is 0.750 bits per heavy atom. The normalized spacial score (nSPS) is 18.8. The maximum Gasteiger partial charge on any atom is 0.216 e. The molecular weight excluding hydrogens is 204 g/mol. The first kappa shape index (κ1) is 9.39. The van der Waals surface area contributed by atoms with Gasteiger partial charge in [-0.2, -0.15) is 0 Å². The van der Waals surface area contributed by atoms with Gasteiger partial charge in [-0.3, -0.25) is 0 Å². The molecule has 1 aromatic carbocycles. The Hall–Kier alpha value is -1.84. The van der Waals surface area contributed by atoms with Crippen LogP contribution >= 0.6 is 0 Å². The van der Waals surface area contributed by atoms with Crippen LogP contribution in [-0.2, 0) is 9.47 Å². The smallest absolute Gasteiger partial charge is 0.216 e. The van der Waals surface area contributed by atoms with Crippen molar-refractivity contribution in [3.63, 3.8) is 0 Å². The van der Waals surface area contributed by atoms with Gasteiger partial charge in [-0.15, -0.1) is 0 Å². The van der Waals surface area contributed by atoms with Gasteiger partial charge >= 0.3 is 0 Å². The molecule has 82 valence electrons. The second-order valence-electron chi connectivity index (χ2n) is 3.65. The van der Waals surface area contributed by atoms with E-state index in [0.29, 0.717) is 13.2 Å². The average molecular weight is 216 g/mol. The molecule has 0 amide bonds. The Morgan fingerprint density at radius 3 is 1.50 bits per heavy atom. The monoisotopic (exact) mass is 216 g/mol. The summed E-state index contributed by atoms with van der Waals surface area (Å²) in [6.45, 7) is 2.89. The minimum Gasteiger partial charge on any atom is -0.476 e. The lowest BCUT2D eigenvalue weighted by atomic mass is 10.1. The largest absolute Gasteiger partial charge is 0.476 e. The molecule has 4 heteroatoms. The van der Waals surface area contributed by atoms with E-state index in [4.69, 9.17) is 9.47 Å². The summed E-state index contributed by atoms with van der Waals surface area (Å²) in [5.41, 5.74) is 2.03. The van der Waals surface area contributed by atoms with Crippen molar-refractivity contribution in [2.45, 2.75) is 0 Å². The molecule has 3 rings (SSSR count). The van der Waals surface area contributed by atoms with Gasteiger partial charge in [0.2, 0.25) is 11.8 Å². The zero-order valence-electron chi connectivity index (χ0n) is 8.85. The van der Waals surface area contributed by atoms with Crippen LogP contribution in [0.3, 0.4) is 0 Å². The molecule has 0 aromatic heterocycles. The van der Waals surface area contributed by atoms with Crippen LogP contribution in [-0.4, -0.2) is 38.1 Å². The number of ether oxygens (including phenoxy) is 2. The average Bonchev–Trinajstić information content (AvgIpc) is 3.03. The minimum atomic E-state index is 0.687. The molecule has 0 bridgehead atoms. The lowest BCUT2D eigenvalue weighted by Crippen LogP contribution is -2.04. The Balaban J connectivity index is 1.84. The van der Waals surface area contributed by atoms with Crippen LogP contribution in [0.1, 0.15) is 11.1 Å². The van der Waals surface area contributed by atoms with Crippen LogP contribution in [0, 0.1) is 0 Å². The standard InChI is InChI=1S/C12H12N2O2/c1-2-10(12-14-6-8-16-12)4-3-9(1)11-13-5-7-15-11/h1-4H,5-8H2. The molecule has 4 nitrogen and oxygen atoms in total. The Labute approximate surface area is 93.6 Å². The maximum atomic E-state index is 5.39. The predicted octanol–water partition coefficient (Wildman–Crippen LogP) is 1.24. The Morgan fingerprint density at radius 2 is 1.19 bits per heavy atom. The first-order valence-corrected chi connectivity index (χ1v) is 5.39. The summed E-state index contributed by atoms with van der Waals surface area (Å²) < 4.78 is 10.8. The number of hydrogen-bond donors (Lipinski definition) is 0. The van der Waals surface area contributed by atoms with Crippen LogP contribution in [0.2, 0.25) is 0 Å². The molecule has 0 saturated heterocycles. The number of nitrogens with zero attached hydrogens (tertiary/aromatic N) is 2. The Bertz CT molecular complexity index is 406. The van der Waals surface area contributed by atoms with Gasteiger partial charge in [-0.25, -0.2) is 9.98 Å². The van der Waals surface area contributed by atoms with Gasteiger partial charge in [0.05, 0.1) is 13.1 Å². The second kappa shape index (κ2) is 3.96. The van der Waals surface area contributed by atoms with E-state index in [1.165, 1.54) is 0 Å². The summed E-state index contributed by atoms with van der Waals surface area (Å²) in [6, 6.07) is 7.96. The molecule has 0 fully saturated rings. The van der Waals surface area contributed by atoms with Crippen molar-refractivity contribution in [3.8, 4) is 0 Å². The van der Waals surface area contributed by atoms with Crippen molar-refractivity contribution in [1.29, 1.82) is 0 Å². The summed E-state index contributed by atoms with van der Waals surface area (Å²) in [4.78, 5) is 8.53. The minimum absolute atomic E-state index is 0.687. The van der Waals surface area contributed by atoms with Gasteiger partial charge in [-0.1, -0.05) is 0 Å². The SMILES string of the molecule is c1cc(C2=NCCO2)ccc1C1=NCCO1. The summed E-state index contributed by atoms with van der Waals surface area (Å²) in [5, 5.41) is 0. The number of benzene rings is 1. The maximum absolute atomic E-state index is 5.39. The van der Waals surface area contributed by atoms with Gasteiger partial charge in [0.25, 0.3) is 0 Å². The molecule has 0 aliphatic carbocycles. The highest BCUT2D eigenvalue weighted by atomic mass is 16.5. The Kier molecular flexibility index (Phi) is 2.33. The van der Waals surface area contributed by atoms with Crippen LogP contribution in [0.15, 0.2) is 34.3 Å². The summed E-state index contributed by atoms with van der Waals surface area (Å²) in [5.74, 6) is 1.47. The predicted molar refractivity (Wildman–Crippen MR) is 61.2 cm³/mol. The highest BCUT2D eigenvalue weighted by Gasteiger charge is 2.13. The van der Waals surface area contributed by atoms with Gasteiger partial charge in [0.15, 0.2) is 0 Å². The molecule has 16 heavy (non-hydrogen) atoms. The third kappa shape index (κ3) is 1.66. The third-order valence-electron chi connectivity index (χ3n) is 2.55. The zero-order valence-corrected chi connectivity index (χ0v) is 8.85. The van der Waals surface area contributed by atoms with Crippen molar-refractivity contribution in [3.05, 3.63) is 35.4 Å². The van der Waals surface area contributed by atoms with Crippen LogP contribution < -0.4 is 0 Å². The molecule has 0 N–H and O–H groups in total. The topological polar surface area (TPSA) is 43.2 Å². The molecule has 0 atom stereocenters. The van der Waals surface area contributed by atoms with E-state index in [0.717, 1.165) is 36.0 Å². The van der Waals surface area contributed by atoms with Gasteiger partial charge in [0, 0.05) is 11.1 Å². The van der Waals surface area contributed by atoms with Crippen molar-refractivity contribution >= 4 is 11.8 Å². The quantitative estimate of drug-likeness (QED) is 0.746. The fourth-order valence-corrected chi connectivity index (χ4v) is 1.77. The summed E-state index contributed by atoms with van der Waals surface area (Å²) in [7, 11) is 0. The second-order valence-corrected chi connectivity index (χ2v) is 3.65. The first-order chi connectivity index (χ1) is 7.93. The summed E-state index contributed by atoms with van der Waals surface area (Å²) in [6.07, 6.45) is 0. The van der Waals surface area contributed by atoms with E-state index in [-0.39, 0.29) is 0 Å². The highest BCUT2D eigenvalue weighted by molar-refractivity contribution is 5.98. The van der Waals surface area contributed by atoms with E-state index in [1.54, 1.807) is 0 Å². The summed E-state index contributed by atoms with van der Waals surface area (Å²) >= 11 is 0. The first-order valence-electron chi connectivity index (χ1n) is 5.39. The van der Waals surface area contributed by atoms with E-state index >= 15 is 0 Å². The third-order valence-corrected chi connectivity index (χ3v) is 2.55. The lowest BCUT2D eigenvalue weighted by molar-refractivity contribution is 0.347. The van der Waals surface area contributed by atoms with E-state index in [9.17, 15) is 0 Å². The van der Waals surface area contributed by atoms with E-state index < -0.39 is 0 Å². The van der Waals surface area contributed by atoms with E-state index in [2.05, 4.69) is 9.98 Å². The fraction of sp³-hybridized carbons (Fsp3) is 0.333. The molecule has 2 aliphatic heterocycles. The van der Waals surface area contributed by atoms with E-state index in [1.807, 2.05) is 24.3 Å². The van der Waals surface area contributed by atoms with Crippen LogP contribution in [0.4, 0.5) is 0 Å². The number of rotatable bonds is 2. The molecule has 0 spiro atoms. The zero-order chi connectivity index (χ0) is 10.8. The van der Waals surface area contributed by atoms with Crippen molar-refractivity contribution in [2.75, 3.05) is 26.3 Å². The molecule has 2 aliphatic rings. The lowest BCUT2D eigenvalue weighted by Gasteiger charge is -2.04. The van der Waals surface area contributed by atoms with Gasteiger partial charge < -0.3 is 9.47 Å². The molecule has 0 unspecified atom stereocenters. The molecular formula is C12H12N2O2. The molecule has 2 heterocycles. The van der Waals surface area contributed by atoms with Gasteiger partial charge in [0.1, 0.15) is 13.2 Å². The van der Waals surface area contributed by atoms with Gasteiger partial charge in [-0.05, 0) is 24.3 Å². The molecule has 0 saturated carbocycles. The number of hydrogen-bond acceptors (Lipinski definition) is 4.